The standard InChI is InChI=1S/C11H18ClN3O/c1-9-13-14-11(12)15(9)7-8-16-10-5-3-2-4-6-10/h10H,2-8H2,1H3. The largest absolute Gasteiger partial charge is 0.376 e. The van der Waals surface area contributed by atoms with Crippen molar-refractivity contribution in [3.8, 4) is 0 Å². The fraction of sp³-hybridized carbons (Fsp3) is 0.818. The summed E-state index contributed by atoms with van der Waals surface area (Å²) in [6.07, 6.45) is 6.82. The minimum Gasteiger partial charge on any atom is -0.376 e. The highest BCUT2D eigenvalue weighted by Crippen LogP contribution is 2.20. The van der Waals surface area contributed by atoms with Gasteiger partial charge >= 0.3 is 0 Å². The van der Waals surface area contributed by atoms with Gasteiger partial charge in [-0.05, 0) is 31.4 Å². The van der Waals surface area contributed by atoms with Crippen molar-refractivity contribution in [2.75, 3.05) is 6.61 Å². The molecule has 16 heavy (non-hydrogen) atoms. The quantitative estimate of drug-likeness (QED) is 0.816. The Morgan fingerprint density at radius 1 is 1.31 bits per heavy atom. The third-order valence-electron chi connectivity index (χ3n) is 3.11. The zero-order valence-corrected chi connectivity index (χ0v) is 10.4. The van der Waals surface area contributed by atoms with Crippen LogP contribution in [0.25, 0.3) is 0 Å². The predicted molar refractivity (Wildman–Crippen MR) is 62.6 cm³/mol. The fourth-order valence-corrected chi connectivity index (χ4v) is 2.40. The Hall–Kier alpha value is -0.610. The van der Waals surface area contributed by atoms with E-state index in [4.69, 9.17) is 16.3 Å². The molecule has 0 bridgehead atoms. The van der Waals surface area contributed by atoms with Crippen molar-refractivity contribution in [3.63, 3.8) is 0 Å². The van der Waals surface area contributed by atoms with Gasteiger partial charge in [-0.25, -0.2) is 0 Å². The van der Waals surface area contributed by atoms with Crippen LogP contribution >= 0.6 is 11.6 Å². The van der Waals surface area contributed by atoms with Gasteiger partial charge in [-0.2, -0.15) is 0 Å². The minimum atomic E-state index is 0.448. The molecule has 1 heterocycles. The van der Waals surface area contributed by atoms with Gasteiger partial charge in [0, 0.05) is 0 Å². The predicted octanol–water partition coefficient (Wildman–Crippen LogP) is 2.59. The summed E-state index contributed by atoms with van der Waals surface area (Å²) >= 11 is 5.90. The second-order valence-corrected chi connectivity index (χ2v) is 4.64. The Balaban J connectivity index is 1.75. The molecule has 0 atom stereocenters. The Labute approximate surface area is 101 Å². The average molecular weight is 244 g/mol. The summed E-state index contributed by atoms with van der Waals surface area (Å²) in [6, 6.07) is 0. The fourth-order valence-electron chi connectivity index (χ4n) is 2.15. The highest BCUT2D eigenvalue weighted by atomic mass is 35.5. The molecule has 0 saturated heterocycles. The van der Waals surface area contributed by atoms with Crippen LogP contribution in [0.4, 0.5) is 0 Å². The summed E-state index contributed by atoms with van der Waals surface area (Å²) in [5, 5.41) is 8.16. The number of nitrogens with zero attached hydrogens (tertiary/aromatic N) is 3. The van der Waals surface area contributed by atoms with Gasteiger partial charge in [0.15, 0.2) is 0 Å². The number of hydrogen-bond donors (Lipinski definition) is 0. The number of rotatable bonds is 4. The van der Waals surface area contributed by atoms with E-state index < -0.39 is 0 Å². The first-order valence-corrected chi connectivity index (χ1v) is 6.32. The van der Waals surface area contributed by atoms with Crippen molar-refractivity contribution >= 4 is 11.6 Å². The summed E-state index contributed by atoms with van der Waals surface area (Å²) in [5.41, 5.74) is 0. The maximum Gasteiger partial charge on any atom is 0.225 e. The molecule has 1 aromatic rings. The SMILES string of the molecule is Cc1nnc(Cl)n1CCOC1CCCCC1. The molecule has 0 radical (unpaired) electrons. The molecular formula is C11H18ClN3O. The second-order valence-electron chi connectivity index (χ2n) is 4.30. The van der Waals surface area contributed by atoms with Gasteiger partial charge in [0.1, 0.15) is 5.82 Å². The molecule has 1 saturated carbocycles. The van der Waals surface area contributed by atoms with Gasteiger partial charge in [-0.15, -0.1) is 10.2 Å². The molecule has 4 nitrogen and oxygen atoms in total. The van der Waals surface area contributed by atoms with Crippen molar-refractivity contribution in [2.45, 2.75) is 51.7 Å². The van der Waals surface area contributed by atoms with Crippen LogP contribution in [0.1, 0.15) is 37.9 Å². The van der Waals surface area contributed by atoms with Crippen molar-refractivity contribution < 1.29 is 4.74 Å². The molecular weight excluding hydrogens is 226 g/mol. The Morgan fingerprint density at radius 2 is 2.06 bits per heavy atom. The molecule has 0 unspecified atom stereocenters. The molecule has 5 heteroatoms. The zero-order chi connectivity index (χ0) is 11.4. The monoisotopic (exact) mass is 243 g/mol. The molecule has 1 fully saturated rings. The van der Waals surface area contributed by atoms with Crippen LogP contribution in [0.15, 0.2) is 0 Å². The highest BCUT2D eigenvalue weighted by Gasteiger charge is 2.14. The molecule has 0 aromatic carbocycles. The van der Waals surface area contributed by atoms with Gasteiger partial charge in [-0.1, -0.05) is 19.3 Å². The van der Waals surface area contributed by atoms with Crippen molar-refractivity contribution in [1.29, 1.82) is 0 Å². The third-order valence-corrected chi connectivity index (χ3v) is 3.39. The molecule has 2 rings (SSSR count). The first-order valence-electron chi connectivity index (χ1n) is 5.94. The number of aromatic nitrogens is 3. The molecule has 0 spiro atoms. The van der Waals surface area contributed by atoms with Gasteiger partial charge in [-0.3, -0.25) is 4.57 Å². The van der Waals surface area contributed by atoms with E-state index in [1.165, 1.54) is 32.1 Å². The summed E-state index contributed by atoms with van der Waals surface area (Å²) in [6.45, 7) is 3.34. The van der Waals surface area contributed by atoms with E-state index in [1.807, 2.05) is 11.5 Å². The topological polar surface area (TPSA) is 39.9 Å². The normalized spacial score (nSPS) is 17.9. The van der Waals surface area contributed by atoms with E-state index in [9.17, 15) is 0 Å². The van der Waals surface area contributed by atoms with Crippen LogP contribution in [0, 0.1) is 6.92 Å². The van der Waals surface area contributed by atoms with E-state index in [1.54, 1.807) is 0 Å². The van der Waals surface area contributed by atoms with Crippen LogP contribution < -0.4 is 0 Å². The lowest BCUT2D eigenvalue weighted by Gasteiger charge is -2.22. The summed E-state index contributed by atoms with van der Waals surface area (Å²) in [7, 11) is 0. The summed E-state index contributed by atoms with van der Waals surface area (Å²) in [5.74, 6) is 0.845. The molecule has 1 aliphatic carbocycles. The van der Waals surface area contributed by atoms with E-state index in [2.05, 4.69) is 10.2 Å². The molecule has 1 aromatic heterocycles. The van der Waals surface area contributed by atoms with E-state index in [0.717, 1.165) is 12.4 Å². The lowest BCUT2D eigenvalue weighted by atomic mass is 9.98. The average Bonchev–Trinajstić information content (AvgIpc) is 2.62. The maximum atomic E-state index is 5.90. The molecule has 0 N–H and O–H groups in total. The Morgan fingerprint density at radius 3 is 2.69 bits per heavy atom. The van der Waals surface area contributed by atoms with Crippen LogP contribution in [-0.4, -0.2) is 27.5 Å². The smallest absolute Gasteiger partial charge is 0.225 e. The van der Waals surface area contributed by atoms with E-state index >= 15 is 0 Å². The number of ether oxygens (including phenoxy) is 1. The third kappa shape index (κ3) is 2.95. The van der Waals surface area contributed by atoms with Gasteiger partial charge in [0.25, 0.3) is 0 Å². The zero-order valence-electron chi connectivity index (χ0n) is 9.65. The van der Waals surface area contributed by atoms with E-state index in [-0.39, 0.29) is 0 Å². The van der Waals surface area contributed by atoms with Crippen LogP contribution in [-0.2, 0) is 11.3 Å². The first-order chi connectivity index (χ1) is 7.77. The second kappa shape index (κ2) is 5.64. The number of hydrogen-bond acceptors (Lipinski definition) is 3. The molecule has 0 amide bonds. The van der Waals surface area contributed by atoms with Crippen molar-refractivity contribution in [1.82, 2.24) is 14.8 Å². The summed E-state index contributed by atoms with van der Waals surface area (Å²) < 4.78 is 7.71. The van der Waals surface area contributed by atoms with Crippen molar-refractivity contribution in [3.05, 3.63) is 11.1 Å². The maximum absolute atomic E-state index is 5.90. The molecule has 90 valence electrons. The van der Waals surface area contributed by atoms with Crippen LogP contribution in [0.2, 0.25) is 5.28 Å². The minimum absolute atomic E-state index is 0.448. The number of halogens is 1. The van der Waals surface area contributed by atoms with Crippen LogP contribution in [0.3, 0.4) is 0 Å². The molecule has 0 aliphatic heterocycles. The Kier molecular flexibility index (Phi) is 4.18. The Bertz CT molecular complexity index is 314. The summed E-state index contributed by atoms with van der Waals surface area (Å²) in [4.78, 5) is 0. The van der Waals surface area contributed by atoms with E-state index in [0.29, 0.717) is 18.0 Å². The van der Waals surface area contributed by atoms with Crippen LogP contribution in [0.5, 0.6) is 0 Å². The van der Waals surface area contributed by atoms with Gasteiger partial charge in [0.05, 0.1) is 19.3 Å². The van der Waals surface area contributed by atoms with Crippen molar-refractivity contribution in [2.24, 2.45) is 0 Å². The first kappa shape index (κ1) is 11.9. The molecule has 1 aliphatic rings. The van der Waals surface area contributed by atoms with Gasteiger partial charge < -0.3 is 4.74 Å². The number of aryl methyl sites for hydroxylation is 1. The van der Waals surface area contributed by atoms with Gasteiger partial charge in [0.2, 0.25) is 5.28 Å². The highest BCUT2D eigenvalue weighted by molar-refractivity contribution is 6.28. The lowest BCUT2D eigenvalue weighted by molar-refractivity contribution is 0.0239. The lowest BCUT2D eigenvalue weighted by Crippen LogP contribution is -2.19.